The van der Waals surface area contributed by atoms with Gasteiger partial charge in [0.15, 0.2) is 0 Å². The maximum atomic E-state index is 11.2. The Morgan fingerprint density at radius 2 is 1.89 bits per heavy atom. The Hall–Kier alpha value is -0.550. The van der Waals surface area contributed by atoms with Crippen molar-refractivity contribution in [1.29, 1.82) is 0 Å². The third-order valence-corrected chi connectivity index (χ3v) is 2.74. The Balaban J connectivity index is 3.15. The van der Waals surface area contributed by atoms with Crippen molar-refractivity contribution < 1.29 is 23.9 Å². The van der Waals surface area contributed by atoms with Crippen LogP contribution in [0.5, 0.6) is 0 Å². The number of rotatable bonds is 12. The van der Waals surface area contributed by atoms with Crippen molar-refractivity contribution in [2.45, 2.75) is 44.9 Å². The highest BCUT2D eigenvalue weighted by Crippen LogP contribution is 2.24. The van der Waals surface area contributed by atoms with Crippen LogP contribution in [0.25, 0.3) is 0 Å². The number of nitrogens with one attached hydrogen (secondary N) is 1. The molecule has 0 fully saturated rings. The molecule has 0 aromatic rings. The number of amides is 1. The minimum absolute atomic E-state index is 0.00798. The summed E-state index contributed by atoms with van der Waals surface area (Å²) >= 11 is 0. The lowest BCUT2D eigenvalue weighted by Crippen LogP contribution is -2.23. The molecule has 0 aromatic carbocycles. The van der Waals surface area contributed by atoms with Gasteiger partial charge < -0.3 is 24.4 Å². The molecular formula is C11H22NO5P. The zero-order chi connectivity index (χ0) is 13.6. The number of carbonyl (C=O) groups excluding carboxylic acids is 2. The number of hydrogen-bond donors (Lipinski definition) is 3. The number of carbonyl (C=O) groups is 2. The summed E-state index contributed by atoms with van der Waals surface area (Å²) in [5, 5.41) is 2.79. The van der Waals surface area contributed by atoms with Crippen LogP contribution in [-0.2, 0) is 14.1 Å². The molecule has 0 aliphatic carbocycles. The van der Waals surface area contributed by atoms with Crippen LogP contribution in [0.3, 0.4) is 0 Å². The first-order valence-electron chi connectivity index (χ1n) is 6.18. The van der Waals surface area contributed by atoms with Crippen LogP contribution in [0, 0.1) is 0 Å². The van der Waals surface area contributed by atoms with Crippen LogP contribution < -0.4 is 5.32 Å². The normalized spacial score (nSPS) is 10.6. The van der Waals surface area contributed by atoms with Crippen molar-refractivity contribution in [1.82, 2.24) is 5.32 Å². The van der Waals surface area contributed by atoms with Crippen LogP contribution in [0.15, 0.2) is 0 Å². The van der Waals surface area contributed by atoms with E-state index < -0.39 is 8.60 Å². The number of aldehydes is 1. The Morgan fingerprint density at radius 3 is 2.56 bits per heavy atom. The predicted molar refractivity (Wildman–Crippen MR) is 68.7 cm³/mol. The molecule has 0 radical (unpaired) electrons. The Labute approximate surface area is 109 Å². The summed E-state index contributed by atoms with van der Waals surface area (Å²) in [5.74, 6) is -0.00798. The van der Waals surface area contributed by atoms with E-state index in [-0.39, 0.29) is 5.91 Å². The second-order valence-corrected chi connectivity index (χ2v) is 4.67. The molecule has 0 saturated carbocycles. The highest BCUT2D eigenvalue weighted by molar-refractivity contribution is 7.39. The Bertz CT molecular complexity index is 225. The van der Waals surface area contributed by atoms with Gasteiger partial charge in [-0.15, -0.1) is 0 Å². The van der Waals surface area contributed by atoms with Gasteiger partial charge in [0, 0.05) is 19.4 Å². The van der Waals surface area contributed by atoms with Crippen molar-refractivity contribution in [3.8, 4) is 0 Å². The quantitative estimate of drug-likeness (QED) is 0.284. The zero-order valence-corrected chi connectivity index (χ0v) is 11.4. The van der Waals surface area contributed by atoms with Crippen molar-refractivity contribution in [3.63, 3.8) is 0 Å². The summed E-state index contributed by atoms with van der Waals surface area (Å²) in [5.41, 5.74) is 0. The monoisotopic (exact) mass is 279 g/mol. The molecule has 0 atom stereocenters. The summed E-state index contributed by atoms with van der Waals surface area (Å²) in [4.78, 5) is 38.2. The molecule has 0 aromatic heterocycles. The standard InChI is InChI=1S/C11H22NO5P/c13-9-5-3-7-11(14)12-8-4-1-2-6-10-17-18(15)16/h9,15-16H,1-8,10H2,(H,12,14). The molecule has 0 heterocycles. The minimum Gasteiger partial charge on any atom is -0.356 e. The molecule has 0 saturated heterocycles. The van der Waals surface area contributed by atoms with E-state index in [1.54, 1.807) is 0 Å². The van der Waals surface area contributed by atoms with Crippen molar-refractivity contribution in [2.24, 2.45) is 0 Å². The molecule has 3 N–H and O–H groups in total. The van der Waals surface area contributed by atoms with Gasteiger partial charge in [0.25, 0.3) is 0 Å². The fourth-order valence-corrected chi connectivity index (χ4v) is 1.68. The van der Waals surface area contributed by atoms with Gasteiger partial charge in [-0.3, -0.25) is 4.79 Å². The molecule has 6 nitrogen and oxygen atoms in total. The number of unbranched alkanes of at least 4 members (excludes halogenated alkanes) is 4. The molecule has 7 heteroatoms. The van der Waals surface area contributed by atoms with E-state index >= 15 is 0 Å². The van der Waals surface area contributed by atoms with E-state index in [0.717, 1.165) is 32.0 Å². The van der Waals surface area contributed by atoms with Gasteiger partial charge in [-0.05, 0) is 19.3 Å². The van der Waals surface area contributed by atoms with Crippen LogP contribution in [-0.4, -0.2) is 35.1 Å². The molecule has 0 bridgehead atoms. The van der Waals surface area contributed by atoms with Crippen molar-refractivity contribution in [3.05, 3.63) is 0 Å². The summed E-state index contributed by atoms with van der Waals surface area (Å²) < 4.78 is 4.62. The first kappa shape index (κ1) is 17.4. The highest BCUT2D eigenvalue weighted by Gasteiger charge is 2.00. The highest BCUT2D eigenvalue weighted by atomic mass is 31.2. The molecule has 0 aliphatic heterocycles. The van der Waals surface area contributed by atoms with Crippen LogP contribution in [0.4, 0.5) is 0 Å². The second-order valence-electron chi connectivity index (χ2n) is 3.91. The number of hydrogen-bond acceptors (Lipinski definition) is 5. The van der Waals surface area contributed by atoms with Gasteiger partial charge in [0.05, 0.1) is 6.61 Å². The second kappa shape index (κ2) is 12.9. The molecule has 1 amide bonds. The Kier molecular flexibility index (Phi) is 12.5. The van der Waals surface area contributed by atoms with E-state index in [0.29, 0.717) is 32.4 Å². The summed E-state index contributed by atoms with van der Waals surface area (Å²) in [6.07, 6.45) is 5.85. The average molecular weight is 279 g/mol. The smallest absolute Gasteiger partial charge is 0.327 e. The lowest BCUT2D eigenvalue weighted by Gasteiger charge is -2.05. The predicted octanol–water partition coefficient (Wildman–Crippen LogP) is 1.26. The van der Waals surface area contributed by atoms with Gasteiger partial charge >= 0.3 is 8.60 Å². The summed E-state index contributed by atoms with van der Waals surface area (Å²) in [6.45, 7) is 1.00. The largest absolute Gasteiger partial charge is 0.356 e. The van der Waals surface area contributed by atoms with Crippen LogP contribution >= 0.6 is 8.60 Å². The van der Waals surface area contributed by atoms with Crippen LogP contribution in [0.1, 0.15) is 44.9 Å². The molecule has 106 valence electrons. The topological polar surface area (TPSA) is 95.9 Å². The third kappa shape index (κ3) is 13.5. The van der Waals surface area contributed by atoms with Gasteiger partial charge in [-0.25, -0.2) is 0 Å². The van der Waals surface area contributed by atoms with Gasteiger partial charge in [0.2, 0.25) is 5.91 Å². The molecule has 18 heavy (non-hydrogen) atoms. The first-order valence-corrected chi connectivity index (χ1v) is 7.34. The van der Waals surface area contributed by atoms with Gasteiger partial charge in [0.1, 0.15) is 6.29 Å². The summed E-state index contributed by atoms with van der Waals surface area (Å²) in [7, 11) is -2.23. The van der Waals surface area contributed by atoms with E-state index in [1.807, 2.05) is 0 Å². The fourth-order valence-electron chi connectivity index (χ4n) is 1.39. The maximum absolute atomic E-state index is 11.2. The van der Waals surface area contributed by atoms with Crippen molar-refractivity contribution in [2.75, 3.05) is 13.2 Å². The summed E-state index contributed by atoms with van der Waals surface area (Å²) in [6, 6.07) is 0. The molecular weight excluding hydrogens is 257 g/mol. The lowest BCUT2D eigenvalue weighted by molar-refractivity contribution is -0.121. The van der Waals surface area contributed by atoms with E-state index in [9.17, 15) is 9.59 Å². The third-order valence-electron chi connectivity index (χ3n) is 2.33. The lowest BCUT2D eigenvalue weighted by atomic mass is 10.2. The zero-order valence-electron chi connectivity index (χ0n) is 10.5. The SMILES string of the molecule is O=CCCCC(=O)NCCCCCCOP(O)O. The van der Waals surface area contributed by atoms with Gasteiger partial charge in [-0.2, -0.15) is 0 Å². The van der Waals surface area contributed by atoms with E-state index in [2.05, 4.69) is 9.84 Å². The molecule has 0 aliphatic rings. The average Bonchev–Trinajstić information content (AvgIpc) is 2.32. The Morgan fingerprint density at radius 1 is 1.17 bits per heavy atom. The first-order chi connectivity index (χ1) is 8.66. The maximum Gasteiger partial charge on any atom is 0.327 e. The van der Waals surface area contributed by atoms with E-state index in [4.69, 9.17) is 9.79 Å². The molecule has 0 spiro atoms. The minimum atomic E-state index is -2.23. The molecule has 0 unspecified atom stereocenters. The van der Waals surface area contributed by atoms with E-state index in [1.165, 1.54) is 0 Å². The van der Waals surface area contributed by atoms with Crippen molar-refractivity contribution >= 4 is 20.8 Å². The van der Waals surface area contributed by atoms with Gasteiger partial charge in [-0.1, -0.05) is 12.8 Å². The van der Waals surface area contributed by atoms with Crippen LogP contribution in [0.2, 0.25) is 0 Å². The molecule has 0 rings (SSSR count). The fraction of sp³-hybridized carbons (Fsp3) is 0.818.